The molecule has 0 atom stereocenters. The lowest BCUT2D eigenvalue weighted by Crippen LogP contribution is -2.48. The number of nitrogens with zero attached hydrogens (tertiary/aromatic N) is 1. The van der Waals surface area contributed by atoms with Crippen molar-refractivity contribution in [1.82, 2.24) is 4.98 Å². The fourth-order valence-corrected chi connectivity index (χ4v) is 3.21. The Bertz CT molecular complexity index is 794. The van der Waals surface area contributed by atoms with E-state index < -0.39 is 11.8 Å². The van der Waals surface area contributed by atoms with E-state index in [1.165, 1.54) is 19.2 Å². The van der Waals surface area contributed by atoms with Crippen molar-refractivity contribution in [2.75, 3.05) is 20.3 Å². The summed E-state index contributed by atoms with van der Waals surface area (Å²) in [6, 6.07) is 6.12. The molecule has 0 radical (unpaired) electrons. The number of aryl methyl sites for hydroxylation is 2. The predicted molar refractivity (Wildman–Crippen MR) is 100 cm³/mol. The van der Waals surface area contributed by atoms with Crippen LogP contribution in [0.2, 0.25) is 0 Å². The summed E-state index contributed by atoms with van der Waals surface area (Å²) in [6.07, 6.45) is 3.70. The smallest absolute Gasteiger partial charge is 0.366 e. The Morgan fingerprint density at radius 1 is 1.25 bits per heavy atom. The van der Waals surface area contributed by atoms with Crippen molar-refractivity contribution >= 4 is 5.97 Å². The minimum absolute atomic E-state index is 0.255. The second-order valence-electron chi connectivity index (χ2n) is 7.20. The molecule has 2 heterocycles. The average Bonchev–Trinajstić information content (AvgIpc) is 3.07. The van der Waals surface area contributed by atoms with Gasteiger partial charge in [-0.25, -0.2) is 14.2 Å². The molecule has 0 amide bonds. The van der Waals surface area contributed by atoms with E-state index in [0.29, 0.717) is 19.1 Å². The van der Waals surface area contributed by atoms with Gasteiger partial charge in [-0.3, -0.25) is 0 Å². The summed E-state index contributed by atoms with van der Waals surface area (Å²) >= 11 is 0. The molecule has 152 valence electrons. The molecule has 1 aliphatic rings. The van der Waals surface area contributed by atoms with E-state index in [-0.39, 0.29) is 11.7 Å². The van der Waals surface area contributed by atoms with E-state index >= 15 is 0 Å². The summed E-state index contributed by atoms with van der Waals surface area (Å²) < 4.78 is 34.6. The van der Waals surface area contributed by atoms with Crippen molar-refractivity contribution in [3.05, 3.63) is 41.5 Å². The van der Waals surface area contributed by atoms with Crippen LogP contribution in [0.15, 0.2) is 28.7 Å². The molecule has 0 saturated carbocycles. The normalized spacial score (nSPS) is 22.2. The number of methoxy groups -OCH3 is 1. The van der Waals surface area contributed by atoms with Gasteiger partial charge in [0.1, 0.15) is 11.6 Å². The number of rotatable bonds is 7. The molecule has 0 bridgehead atoms. The monoisotopic (exact) mass is 391 g/mol. The number of halogens is 1. The number of hydrogen-bond acceptors (Lipinski definition) is 6. The van der Waals surface area contributed by atoms with Gasteiger partial charge in [0.15, 0.2) is 0 Å². The highest BCUT2D eigenvalue weighted by Crippen LogP contribution is 2.26. The summed E-state index contributed by atoms with van der Waals surface area (Å²) in [5.74, 6) is -0.522. The van der Waals surface area contributed by atoms with Gasteiger partial charge in [-0.15, -0.1) is 0 Å². The molecule has 0 unspecified atom stereocenters. The molecule has 1 aliphatic heterocycles. The quantitative estimate of drug-likeness (QED) is 0.524. The average molecular weight is 391 g/mol. The standard InChI is InChI=1S/C21H26FNO5/c1-14-18(23-19(28-14)16-8-10-17(22)11-9-16)7-5-4-6-15-12-26-21(2,27-13-15)20(24)25-3/h8-11,15H,4-7,12-13H2,1-3H3/t15-,21+. The van der Waals surface area contributed by atoms with Gasteiger partial charge in [0.05, 0.1) is 26.0 Å². The predicted octanol–water partition coefficient (Wildman–Crippen LogP) is 4.05. The number of carbonyl (C=O) groups is 1. The molecule has 28 heavy (non-hydrogen) atoms. The van der Waals surface area contributed by atoms with Crippen molar-refractivity contribution < 1.29 is 27.8 Å². The fourth-order valence-electron chi connectivity index (χ4n) is 3.21. The minimum atomic E-state index is -1.29. The van der Waals surface area contributed by atoms with Crippen LogP contribution in [-0.2, 0) is 25.4 Å². The number of esters is 1. The number of unbranched alkanes of at least 4 members (excludes halogenated alkanes) is 1. The van der Waals surface area contributed by atoms with Crippen molar-refractivity contribution in [3.63, 3.8) is 0 Å². The SMILES string of the molecule is COC(=O)[C@]1(C)OC[C@H](CCCCc2nc(-c3ccc(F)cc3)oc2C)CO1. The van der Waals surface area contributed by atoms with Crippen LogP contribution < -0.4 is 0 Å². The molecular weight excluding hydrogens is 365 g/mol. The van der Waals surface area contributed by atoms with E-state index in [2.05, 4.69) is 4.98 Å². The van der Waals surface area contributed by atoms with E-state index in [1.54, 1.807) is 19.1 Å². The molecular formula is C21H26FNO5. The molecule has 0 spiro atoms. The van der Waals surface area contributed by atoms with Crippen LogP contribution in [0.25, 0.3) is 11.5 Å². The maximum Gasteiger partial charge on any atom is 0.366 e. The van der Waals surface area contributed by atoms with Crippen LogP contribution >= 0.6 is 0 Å². The summed E-state index contributed by atoms with van der Waals surface area (Å²) in [5, 5.41) is 0. The maximum absolute atomic E-state index is 13.1. The highest BCUT2D eigenvalue weighted by Gasteiger charge is 2.41. The van der Waals surface area contributed by atoms with Gasteiger partial charge in [-0.05, 0) is 50.5 Å². The van der Waals surface area contributed by atoms with Gasteiger partial charge < -0.3 is 18.6 Å². The Morgan fingerprint density at radius 2 is 1.93 bits per heavy atom. The highest BCUT2D eigenvalue weighted by molar-refractivity contribution is 5.77. The number of aromatic nitrogens is 1. The Morgan fingerprint density at radius 3 is 2.57 bits per heavy atom. The van der Waals surface area contributed by atoms with Gasteiger partial charge in [-0.2, -0.15) is 0 Å². The lowest BCUT2D eigenvalue weighted by Gasteiger charge is -2.35. The number of ether oxygens (including phenoxy) is 3. The molecule has 7 heteroatoms. The van der Waals surface area contributed by atoms with Crippen LogP contribution in [0.4, 0.5) is 4.39 Å². The van der Waals surface area contributed by atoms with Gasteiger partial charge >= 0.3 is 5.97 Å². The number of hydrogen-bond donors (Lipinski definition) is 0. The van der Waals surface area contributed by atoms with E-state index in [4.69, 9.17) is 18.6 Å². The third kappa shape index (κ3) is 4.77. The minimum Gasteiger partial charge on any atom is -0.465 e. The van der Waals surface area contributed by atoms with Gasteiger partial charge in [-0.1, -0.05) is 6.42 Å². The van der Waals surface area contributed by atoms with Gasteiger partial charge in [0, 0.05) is 18.4 Å². The largest absolute Gasteiger partial charge is 0.465 e. The molecule has 1 fully saturated rings. The van der Waals surface area contributed by atoms with Crippen LogP contribution in [-0.4, -0.2) is 37.1 Å². The Kier molecular flexibility index (Phi) is 6.46. The molecule has 0 N–H and O–H groups in total. The lowest BCUT2D eigenvalue weighted by molar-refractivity contribution is -0.272. The molecule has 3 rings (SSSR count). The molecule has 1 aromatic heterocycles. The van der Waals surface area contributed by atoms with Crippen molar-refractivity contribution in [2.24, 2.45) is 5.92 Å². The van der Waals surface area contributed by atoms with Crippen molar-refractivity contribution in [1.29, 1.82) is 0 Å². The molecule has 2 aromatic rings. The molecule has 0 aliphatic carbocycles. The fraction of sp³-hybridized carbons (Fsp3) is 0.524. The second-order valence-corrected chi connectivity index (χ2v) is 7.20. The summed E-state index contributed by atoms with van der Waals surface area (Å²) in [4.78, 5) is 16.2. The lowest BCUT2D eigenvalue weighted by atomic mass is 10.0. The zero-order valence-corrected chi connectivity index (χ0v) is 16.5. The van der Waals surface area contributed by atoms with E-state index in [1.807, 2.05) is 6.92 Å². The zero-order chi connectivity index (χ0) is 20.1. The van der Waals surface area contributed by atoms with Crippen molar-refractivity contribution in [2.45, 2.75) is 45.3 Å². The first kappa shape index (κ1) is 20.5. The third-order valence-corrected chi connectivity index (χ3v) is 5.00. The molecule has 6 nitrogen and oxygen atoms in total. The second kappa shape index (κ2) is 8.84. The van der Waals surface area contributed by atoms with Gasteiger partial charge in [0.2, 0.25) is 5.89 Å². The number of carbonyl (C=O) groups excluding carboxylic acids is 1. The van der Waals surface area contributed by atoms with E-state index in [0.717, 1.165) is 42.7 Å². The first-order valence-electron chi connectivity index (χ1n) is 9.50. The van der Waals surface area contributed by atoms with Crippen LogP contribution in [0.5, 0.6) is 0 Å². The molecule has 1 aromatic carbocycles. The Balaban J connectivity index is 1.44. The van der Waals surface area contributed by atoms with Crippen molar-refractivity contribution in [3.8, 4) is 11.5 Å². The highest BCUT2D eigenvalue weighted by atomic mass is 19.1. The maximum atomic E-state index is 13.1. The summed E-state index contributed by atoms with van der Waals surface area (Å²) in [6.45, 7) is 4.43. The number of oxazole rings is 1. The van der Waals surface area contributed by atoms with Crippen LogP contribution in [0.1, 0.15) is 37.6 Å². The summed E-state index contributed by atoms with van der Waals surface area (Å²) in [5.41, 5.74) is 1.69. The molecule has 1 saturated heterocycles. The Labute approximate surface area is 164 Å². The van der Waals surface area contributed by atoms with Crippen LogP contribution in [0.3, 0.4) is 0 Å². The van der Waals surface area contributed by atoms with Crippen LogP contribution in [0, 0.1) is 18.7 Å². The van der Waals surface area contributed by atoms with E-state index in [9.17, 15) is 9.18 Å². The Hall–Kier alpha value is -2.25. The van der Waals surface area contributed by atoms with Gasteiger partial charge in [0.25, 0.3) is 5.79 Å². The topological polar surface area (TPSA) is 70.8 Å². The number of benzene rings is 1. The summed E-state index contributed by atoms with van der Waals surface area (Å²) in [7, 11) is 1.32. The first-order chi connectivity index (χ1) is 13.4. The first-order valence-corrected chi connectivity index (χ1v) is 9.50. The third-order valence-electron chi connectivity index (χ3n) is 5.00. The zero-order valence-electron chi connectivity index (χ0n) is 16.5.